The number of hydrogen-bond donors (Lipinski definition) is 2. The van der Waals surface area contributed by atoms with Crippen LogP contribution in [0.15, 0.2) is 67.1 Å². The molecule has 1 aromatic carbocycles. The highest BCUT2D eigenvalue weighted by molar-refractivity contribution is 6.33. The maximum atomic E-state index is 12.2. The first kappa shape index (κ1) is 16.0. The molecule has 3 aromatic rings. The van der Waals surface area contributed by atoms with E-state index in [4.69, 9.17) is 11.6 Å². The van der Waals surface area contributed by atoms with Gasteiger partial charge in [-0.2, -0.15) is 0 Å². The molecular weight excluding hydrogens is 324 g/mol. The molecule has 0 aliphatic carbocycles. The van der Waals surface area contributed by atoms with Crippen LogP contribution in [-0.4, -0.2) is 15.9 Å². The fraction of sp³-hybridized carbons (Fsp3) is 0.0556. The zero-order valence-electron chi connectivity index (χ0n) is 12.7. The number of rotatable bonds is 5. The van der Waals surface area contributed by atoms with E-state index in [0.29, 0.717) is 17.3 Å². The van der Waals surface area contributed by atoms with Gasteiger partial charge in [-0.3, -0.25) is 14.8 Å². The quantitative estimate of drug-likeness (QED) is 0.742. The Morgan fingerprint density at radius 3 is 2.62 bits per heavy atom. The van der Waals surface area contributed by atoms with Crippen molar-refractivity contribution in [1.82, 2.24) is 15.3 Å². The van der Waals surface area contributed by atoms with Gasteiger partial charge in [0.2, 0.25) is 0 Å². The van der Waals surface area contributed by atoms with Gasteiger partial charge in [0.1, 0.15) is 5.69 Å². The summed E-state index contributed by atoms with van der Waals surface area (Å²) in [4.78, 5) is 20.3. The van der Waals surface area contributed by atoms with Gasteiger partial charge in [-0.1, -0.05) is 23.7 Å². The van der Waals surface area contributed by atoms with E-state index < -0.39 is 0 Å². The average Bonchev–Trinajstić information content (AvgIpc) is 2.63. The van der Waals surface area contributed by atoms with Gasteiger partial charge >= 0.3 is 0 Å². The summed E-state index contributed by atoms with van der Waals surface area (Å²) in [6.07, 6.45) is 4.96. The highest BCUT2D eigenvalue weighted by Crippen LogP contribution is 2.24. The molecule has 2 aromatic heterocycles. The first-order valence-corrected chi connectivity index (χ1v) is 7.75. The number of amides is 1. The fourth-order valence-electron chi connectivity index (χ4n) is 2.12. The number of benzene rings is 1. The van der Waals surface area contributed by atoms with Gasteiger partial charge in [0.15, 0.2) is 0 Å². The number of pyridine rings is 2. The topological polar surface area (TPSA) is 66.9 Å². The molecule has 120 valence electrons. The molecule has 6 heteroatoms. The molecule has 0 aliphatic heterocycles. The first-order chi connectivity index (χ1) is 11.7. The summed E-state index contributed by atoms with van der Waals surface area (Å²) in [5.41, 5.74) is 2.82. The summed E-state index contributed by atoms with van der Waals surface area (Å²) in [6.45, 7) is 0.422. The van der Waals surface area contributed by atoms with Crippen LogP contribution in [0.2, 0.25) is 5.02 Å². The summed E-state index contributed by atoms with van der Waals surface area (Å²) in [6, 6.07) is 14.6. The first-order valence-electron chi connectivity index (χ1n) is 7.37. The van der Waals surface area contributed by atoms with Crippen LogP contribution < -0.4 is 10.6 Å². The number of para-hydroxylation sites is 1. The number of nitrogens with one attached hydrogen (secondary N) is 2. The summed E-state index contributed by atoms with van der Waals surface area (Å²) in [5, 5.41) is 6.62. The molecule has 24 heavy (non-hydrogen) atoms. The molecule has 0 saturated carbocycles. The Kier molecular flexibility index (Phi) is 5.03. The smallest absolute Gasteiger partial charge is 0.270 e. The fourth-order valence-corrected chi connectivity index (χ4v) is 2.31. The predicted octanol–water partition coefficient (Wildman–Crippen LogP) is 3.80. The van der Waals surface area contributed by atoms with E-state index >= 15 is 0 Å². The number of carbonyl (C=O) groups excluding carboxylic acids is 1. The summed E-state index contributed by atoms with van der Waals surface area (Å²) >= 11 is 6.13. The van der Waals surface area contributed by atoms with Crippen molar-refractivity contribution in [3.05, 3.63) is 83.4 Å². The van der Waals surface area contributed by atoms with Crippen LogP contribution in [-0.2, 0) is 6.54 Å². The number of halogens is 1. The van der Waals surface area contributed by atoms with Gasteiger partial charge in [0.05, 0.1) is 10.7 Å². The number of carbonyl (C=O) groups is 1. The zero-order valence-corrected chi connectivity index (χ0v) is 13.5. The number of anilines is 2. The summed E-state index contributed by atoms with van der Waals surface area (Å²) in [5.74, 6) is -0.241. The third-order valence-electron chi connectivity index (χ3n) is 3.35. The maximum Gasteiger partial charge on any atom is 0.270 e. The Balaban J connectivity index is 1.68. The van der Waals surface area contributed by atoms with Crippen LogP contribution in [0.5, 0.6) is 0 Å². The van der Waals surface area contributed by atoms with Crippen molar-refractivity contribution in [1.29, 1.82) is 0 Å². The minimum atomic E-state index is -0.241. The number of aromatic nitrogens is 2. The Labute approximate surface area is 144 Å². The Hall–Kier alpha value is -2.92. The minimum absolute atomic E-state index is 0.241. The third-order valence-corrected chi connectivity index (χ3v) is 3.68. The molecule has 0 spiro atoms. The SMILES string of the molecule is O=C(NCc1ccncc1)c1cc(Nc2ccccc2Cl)ccn1. The van der Waals surface area contributed by atoms with E-state index in [1.807, 2.05) is 30.3 Å². The molecule has 0 saturated heterocycles. The standard InChI is InChI=1S/C18H15ClN4O/c19-15-3-1-2-4-16(15)23-14-7-10-21-17(11-14)18(24)22-12-13-5-8-20-9-6-13/h1-11H,12H2,(H,21,23)(H,22,24). The van der Waals surface area contributed by atoms with E-state index in [0.717, 1.165) is 16.9 Å². The molecule has 0 radical (unpaired) electrons. The van der Waals surface area contributed by atoms with Crippen molar-refractivity contribution < 1.29 is 4.79 Å². The third kappa shape index (κ3) is 4.08. The molecule has 2 N–H and O–H groups in total. The van der Waals surface area contributed by atoms with Crippen LogP contribution in [0.4, 0.5) is 11.4 Å². The van der Waals surface area contributed by atoms with Crippen molar-refractivity contribution in [3.63, 3.8) is 0 Å². The molecule has 5 nitrogen and oxygen atoms in total. The maximum absolute atomic E-state index is 12.2. The Morgan fingerprint density at radius 1 is 1.04 bits per heavy atom. The van der Waals surface area contributed by atoms with E-state index in [-0.39, 0.29) is 5.91 Å². The van der Waals surface area contributed by atoms with Crippen LogP contribution in [0.3, 0.4) is 0 Å². The van der Waals surface area contributed by atoms with E-state index in [1.54, 1.807) is 36.8 Å². The summed E-state index contributed by atoms with van der Waals surface area (Å²) in [7, 11) is 0. The van der Waals surface area contributed by atoms with Crippen molar-refractivity contribution in [3.8, 4) is 0 Å². The van der Waals surface area contributed by atoms with Gasteiger partial charge in [-0.25, -0.2) is 0 Å². The molecule has 0 unspecified atom stereocenters. The van der Waals surface area contributed by atoms with Crippen molar-refractivity contribution in [2.24, 2.45) is 0 Å². The van der Waals surface area contributed by atoms with Gasteiger partial charge in [0, 0.05) is 30.8 Å². The van der Waals surface area contributed by atoms with Crippen LogP contribution in [0, 0.1) is 0 Å². The van der Waals surface area contributed by atoms with Crippen molar-refractivity contribution >= 4 is 28.9 Å². The normalized spacial score (nSPS) is 10.2. The number of nitrogens with zero attached hydrogens (tertiary/aromatic N) is 2. The van der Waals surface area contributed by atoms with Crippen molar-refractivity contribution in [2.45, 2.75) is 6.54 Å². The van der Waals surface area contributed by atoms with Crippen LogP contribution in [0.1, 0.15) is 16.1 Å². The second-order valence-corrected chi connectivity index (χ2v) is 5.48. The molecule has 0 atom stereocenters. The van der Waals surface area contributed by atoms with Gasteiger partial charge in [0.25, 0.3) is 5.91 Å². The molecule has 2 heterocycles. The predicted molar refractivity (Wildman–Crippen MR) is 94.4 cm³/mol. The highest BCUT2D eigenvalue weighted by atomic mass is 35.5. The van der Waals surface area contributed by atoms with E-state index in [1.165, 1.54) is 0 Å². The van der Waals surface area contributed by atoms with Crippen LogP contribution in [0.25, 0.3) is 0 Å². The Bertz CT molecular complexity index is 839. The zero-order chi connectivity index (χ0) is 16.8. The lowest BCUT2D eigenvalue weighted by Gasteiger charge is -2.09. The molecule has 0 bridgehead atoms. The Morgan fingerprint density at radius 2 is 1.83 bits per heavy atom. The minimum Gasteiger partial charge on any atom is -0.354 e. The molecule has 1 amide bonds. The lowest BCUT2D eigenvalue weighted by molar-refractivity contribution is 0.0946. The van der Waals surface area contributed by atoms with Crippen LogP contribution >= 0.6 is 11.6 Å². The molecule has 3 rings (SSSR count). The van der Waals surface area contributed by atoms with Gasteiger partial charge < -0.3 is 10.6 Å². The lowest BCUT2D eigenvalue weighted by atomic mass is 10.2. The van der Waals surface area contributed by atoms with Gasteiger partial charge in [-0.05, 0) is 42.0 Å². The number of hydrogen-bond acceptors (Lipinski definition) is 4. The molecule has 0 fully saturated rings. The van der Waals surface area contributed by atoms with Crippen molar-refractivity contribution in [2.75, 3.05) is 5.32 Å². The second-order valence-electron chi connectivity index (χ2n) is 5.07. The van der Waals surface area contributed by atoms with E-state index in [2.05, 4.69) is 20.6 Å². The average molecular weight is 339 g/mol. The van der Waals surface area contributed by atoms with Gasteiger partial charge in [-0.15, -0.1) is 0 Å². The monoisotopic (exact) mass is 338 g/mol. The summed E-state index contributed by atoms with van der Waals surface area (Å²) < 4.78 is 0. The molecular formula is C18H15ClN4O. The highest BCUT2D eigenvalue weighted by Gasteiger charge is 2.08. The largest absolute Gasteiger partial charge is 0.354 e. The lowest BCUT2D eigenvalue weighted by Crippen LogP contribution is -2.23. The second kappa shape index (κ2) is 7.57. The van der Waals surface area contributed by atoms with E-state index in [9.17, 15) is 4.79 Å². The molecule has 0 aliphatic rings.